The summed E-state index contributed by atoms with van der Waals surface area (Å²) >= 11 is 0. The van der Waals surface area contributed by atoms with Crippen LogP contribution in [0.4, 0.5) is 10.5 Å². The molecule has 4 atom stereocenters. The van der Waals surface area contributed by atoms with Crippen molar-refractivity contribution in [1.29, 1.82) is 0 Å². The van der Waals surface area contributed by atoms with Crippen molar-refractivity contribution in [3.05, 3.63) is 36.4 Å². The van der Waals surface area contributed by atoms with Crippen molar-refractivity contribution in [2.45, 2.75) is 12.8 Å². The van der Waals surface area contributed by atoms with Crippen LogP contribution in [0.3, 0.4) is 0 Å². The number of nitrogens with zero attached hydrogens (tertiary/aromatic N) is 1. The predicted octanol–water partition coefficient (Wildman–Crippen LogP) is 1.97. The number of allylic oxidation sites excluding steroid dienone is 2. The average Bonchev–Trinajstić information content (AvgIpc) is 2.94. The number of para-hydroxylation sites is 2. The minimum Gasteiger partial charge on any atom is -0.495 e. The Labute approximate surface area is 151 Å². The molecule has 2 N–H and O–H groups in total. The molecule has 1 aromatic rings. The highest BCUT2D eigenvalue weighted by Crippen LogP contribution is 2.49. The summed E-state index contributed by atoms with van der Waals surface area (Å²) in [6.07, 6.45) is 6.06. The van der Waals surface area contributed by atoms with Crippen molar-refractivity contribution < 1.29 is 19.1 Å². The molecular formula is C19H21N3O4. The highest BCUT2D eigenvalue weighted by atomic mass is 16.5. The average molecular weight is 355 g/mol. The van der Waals surface area contributed by atoms with E-state index in [-0.39, 0.29) is 42.2 Å². The van der Waals surface area contributed by atoms with Gasteiger partial charge in [0.2, 0.25) is 11.8 Å². The van der Waals surface area contributed by atoms with Gasteiger partial charge in [-0.15, -0.1) is 0 Å². The maximum atomic E-state index is 12.7. The fourth-order valence-corrected chi connectivity index (χ4v) is 4.36. The Balaban J connectivity index is 1.40. The number of carbonyl (C=O) groups excluding carboxylic acids is 3. The molecule has 3 aliphatic carbocycles. The van der Waals surface area contributed by atoms with Gasteiger partial charge in [0.05, 0.1) is 24.6 Å². The number of rotatable bonds is 4. The predicted molar refractivity (Wildman–Crippen MR) is 94.2 cm³/mol. The van der Waals surface area contributed by atoms with Gasteiger partial charge < -0.3 is 15.4 Å². The lowest BCUT2D eigenvalue weighted by molar-refractivity contribution is -0.140. The first kappa shape index (κ1) is 16.6. The van der Waals surface area contributed by atoms with Crippen LogP contribution in [0.1, 0.15) is 12.8 Å². The molecule has 1 aromatic carbocycles. The number of likely N-dealkylation sites (tertiary alicyclic amines) is 1. The lowest BCUT2D eigenvalue weighted by atomic mass is 9.63. The van der Waals surface area contributed by atoms with E-state index in [1.54, 1.807) is 24.3 Å². The van der Waals surface area contributed by atoms with Crippen LogP contribution in [0, 0.1) is 23.7 Å². The van der Waals surface area contributed by atoms with Crippen molar-refractivity contribution >= 4 is 23.5 Å². The normalized spacial score (nSPS) is 28.9. The molecule has 7 heteroatoms. The van der Waals surface area contributed by atoms with Gasteiger partial charge in [-0.3, -0.25) is 14.5 Å². The van der Waals surface area contributed by atoms with Gasteiger partial charge in [-0.25, -0.2) is 4.79 Å². The van der Waals surface area contributed by atoms with Gasteiger partial charge in [0.1, 0.15) is 12.4 Å². The van der Waals surface area contributed by atoms with Crippen molar-refractivity contribution in [2.24, 2.45) is 23.7 Å². The highest BCUT2D eigenvalue weighted by molar-refractivity contribution is 6.06. The van der Waals surface area contributed by atoms with Crippen molar-refractivity contribution in [3.63, 3.8) is 0 Å². The maximum Gasteiger partial charge on any atom is 0.320 e. The zero-order chi connectivity index (χ0) is 18.3. The van der Waals surface area contributed by atoms with Crippen LogP contribution in [-0.2, 0) is 9.59 Å². The highest BCUT2D eigenvalue weighted by Gasteiger charge is 2.56. The summed E-state index contributed by atoms with van der Waals surface area (Å²) in [5, 5.41) is 5.27. The van der Waals surface area contributed by atoms with Crippen LogP contribution in [0.2, 0.25) is 0 Å². The number of carbonyl (C=O) groups is 3. The Bertz CT molecular complexity index is 759. The van der Waals surface area contributed by atoms with Crippen LogP contribution in [0.15, 0.2) is 36.4 Å². The van der Waals surface area contributed by atoms with Crippen LogP contribution >= 0.6 is 0 Å². The molecule has 5 rings (SSSR count). The summed E-state index contributed by atoms with van der Waals surface area (Å²) < 4.78 is 5.18. The van der Waals surface area contributed by atoms with E-state index in [1.165, 1.54) is 12.0 Å². The zero-order valence-corrected chi connectivity index (χ0v) is 14.5. The number of amides is 4. The van der Waals surface area contributed by atoms with Crippen molar-refractivity contribution in [2.75, 3.05) is 19.1 Å². The first-order valence-electron chi connectivity index (χ1n) is 8.81. The van der Waals surface area contributed by atoms with E-state index in [9.17, 15) is 14.4 Å². The number of ether oxygens (including phenoxy) is 1. The fourth-order valence-electron chi connectivity index (χ4n) is 4.36. The fraction of sp³-hybridized carbons (Fsp3) is 0.421. The molecule has 0 aromatic heterocycles. The van der Waals surface area contributed by atoms with Gasteiger partial charge in [-0.05, 0) is 36.8 Å². The molecule has 2 fully saturated rings. The number of methoxy groups -OCH3 is 1. The number of fused-ring (bicyclic) bond motifs is 1. The number of imide groups is 1. The third-order valence-electron chi connectivity index (χ3n) is 5.60. The van der Waals surface area contributed by atoms with Crippen molar-refractivity contribution in [3.8, 4) is 5.75 Å². The molecule has 1 saturated heterocycles. The van der Waals surface area contributed by atoms with E-state index in [4.69, 9.17) is 4.74 Å². The Morgan fingerprint density at radius 3 is 2.31 bits per heavy atom. The second kappa shape index (κ2) is 6.48. The van der Waals surface area contributed by atoms with E-state index in [2.05, 4.69) is 22.8 Å². The lowest BCUT2D eigenvalue weighted by Crippen LogP contribution is -2.43. The summed E-state index contributed by atoms with van der Waals surface area (Å²) in [6, 6.07) is 6.53. The smallest absolute Gasteiger partial charge is 0.320 e. The van der Waals surface area contributed by atoms with E-state index in [1.807, 2.05) is 0 Å². The summed E-state index contributed by atoms with van der Waals surface area (Å²) in [6.45, 7) is -0.120. The molecule has 7 nitrogen and oxygen atoms in total. The molecule has 0 radical (unpaired) electrons. The number of urea groups is 1. The molecule has 1 aliphatic heterocycles. The third-order valence-corrected chi connectivity index (χ3v) is 5.60. The number of anilines is 1. The standard InChI is InChI=1S/C19H21N3O4/c1-26-14-5-3-2-4-13(14)21-19(25)20-10-22-17(23)15-11-6-7-12(9-8-11)16(15)18(22)24/h2-7,11-12,15-16H,8-10H2,1H3,(H2,20,21,25)/t11-,12-,15+,16+/m0/s1. The Hall–Kier alpha value is -2.83. The molecule has 0 spiro atoms. The number of hydrogen-bond donors (Lipinski definition) is 2. The largest absolute Gasteiger partial charge is 0.495 e. The third kappa shape index (κ3) is 2.64. The van der Waals surface area contributed by atoms with Crippen molar-refractivity contribution in [1.82, 2.24) is 10.2 Å². The maximum absolute atomic E-state index is 12.7. The summed E-state index contributed by atoms with van der Waals surface area (Å²) in [5.41, 5.74) is 0.516. The zero-order valence-electron chi connectivity index (χ0n) is 14.5. The van der Waals surface area contributed by atoms with Crippen LogP contribution in [0.25, 0.3) is 0 Å². The lowest BCUT2D eigenvalue weighted by Gasteiger charge is -2.38. The summed E-state index contributed by atoms with van der Waals surface area (Å²) in [5.74, 6) is -0.0312. The number of benzene rings is 1. The van der Waals surface area contributed by atoms with Gasteiger partial charge in [-0.2, -0.15) is 0 Å². The monoisotopic (exact) mass is 355 g/mol. The molecule has 1 heterocycles. The summed E-state index contributed by atoms with van der Waals surface area (Å²) in [4.78, 5) is 38.7. The van der Waals surface area contributed by atoms with Gasteiger partial charge >= 0.3 is 6.03 Å². The van der Waals surface area contributed by atoms with Crippen LogP contribution < -0.4 is 15.4 Å². The van der Waals surface area contributed by atoms with E-state index < -0.39 is 6.03 Å². The first-order chi connectivity index (χ1) is 12.6. The van der Waals surface area contributed by atoms with Gasteiger partial charge in [-0.1, -0.05) is 24.3 Å². The SMILES string of the molecule is COc1ccccc1NC(=O)NCN1C(=O)[C@H]2[C@H](C1=O)[C@H]1C=C[C@H]2CC1. The molecular weight excluding hydrogens is 334 g/mol. The Morgan fingerprint density at radius 1 is 1.12 bits per heavy atom. The minimum absolute atomic E-state index is 0.120. The van der Waals surface area contributed by atoms with Gasteiger partial charge in [0.15, 0.2) is 0 Å². The molecule has 4 aliphatic rings. The van der Waals surface area contributed by atoms with E-state index >= 15 is 0 Å². The van der Waals surface area contributed by atoms with Crippen LogP contribution in [-0.4, -0.2) is 36.5 Å². The molecule has 4 amide bonds. The quantitative estimate of drug-likeness (QED) is 0.638. The Kier molecular flexibility index (Phi) is 4.14. The van der Waals surface area contributed by atoms with E-state index in [0.717, 1.165) is 12.8 Å². The second-order valence-electron chi connectivity index (χ2n) is 6.94. The second-order valence-corrected chi connectivity index (χ2v) is 6.94. The molecule has 1 saturated carbocycles. The molecule has 0 unspecified atom stereocenters. The van der Waals surface area contributed by atoms with Crippen LogP contribution in [0.5, 0.6) is 5.75 Å². The molecule has 26 heavy (non-hydrogen) atoms. The van der Waals surface area contributed by atoms with Gasteiger partial charge in [0.25, 0.3) is 0 Å². The van der Waals surface area contributed by atoms with E-state index in [0.29, 0.717) is 11.4 Å². The molecule has 2 bridgehead atoms. The summed E-state index contributed by atoms with van der Waals surface area (Å²) in [7, 11) is 1.52. The molecule has 136 valence electrons. The number of nitrogens with one attached hydrogen (secondary N) is 2. The van der Waals surface area contributed by atoms with Gasteiger partial charge in [0, 0.05) is 0 Å². The number of hydrogen-bond acceptors (Lipinski definition) is 4. The topological polar surface area (TPSA) is 87.7 Å². The minimum atomic E-state index is -0.494. The Morgan fingerprint density at radius 2 is 1.73 bits per heavy atom. The first-order valence-corrected chi connectivity index (χ1v) is 8.81.